The van der Waals surface area contributed by atoms with E-state index in [1.807, 2.05) is 55.4 Å². The number of nitrogens with one attached hydrogen (secondary N) is 2. The van der Waals surface area contributed by atoms with Gasteiger partial charge in [-0.2, -0.15) is 0 Å². The normalized spacial score (nSPS) is 14.7. The molecule has 6 nitrogen and oxygen atoms in total. The first-order chi connectivity index (χ1) is 13.0. The van der Waals surface area contributed by atoms with Crippen LogP contribution in [0.15, 0.2) is 48.5 Å². The first-order valence-electron chi connectivity index (χ1n) is 9.36. The SMILES string of the molecule is CN1CCN(c2ccc(NC(=O)CNc3ccc(N(C)C)cc3)cc2)CC1. The number of likely N-dealkylation sites (N-methyl/N-ethyl adjacent to an activating group) is 1. The minimum atomic E-state index is -0.0565. The van der Waals surface area contributed by atoms with E-state index in [1.54, 1.807) is 0 Å². The summed E-state index contributed by atoms with van der Waals surface area (Å²) in [6.07, 6.45) is 0. The first-order valence-corrected chi connectivity index (χ1v) is 9.36. The summed E-state index contributed by atoms with van der Waals surface area (Å²) in [6, 6.07) is 16.1. The fourth-order valence-corrected chi connectivity index (χ4v) is 3.09. The third kappa shape index (κ3) is 5.37. The van der Waals surface area contributed by atoms with Crippen molar-refractivity contribution in [3.63, 3.8) is 0 Å². The second-order valence-electron chi connectivity index (χ2n) is 7.18. The Labute approximate surface area is 161 Å². The highest BCUT2D eigenvalue weighted by Gasteiger charge is 2.14. The summed E-state index contributed by atoms with van der Waals surface area (Å²) >= 11 is 0. The molecule has 2 N–H and O–H groups in total. The summed E-state index contributed by atoms with van der Waals surface area (Å²) in [7, 11) is 6.16. The van der Waals surface area contributed by atoms with Gasteiger partial charge >= 0.3 is 0 Å². The molecule has 1 heterocycles. The Balaban J connectivity index is 1.47. The Morgan fingerprint density at radius 2 is 1.52 bits per heavy atom. The minimum Gasteiger partial charge on any atom is -0.378 e. The van der Waals surface area contributed by atoms with Crippen LogP contribution in [0.4, 0.5) is 22.7 Å². The number of nitrogens with zero attached hydrogens (tertiary/aromatic N) is 3. The summed E-state index contributed by atoms with van der Waals surface area (Å²) < 4.78 is 0. The molecule has 0 atom stereocenters. The summed E-state index contributed by atoms with van der Waals surface area (Å²) in [5, 5.41) is 6.10. The molecule has 3 rings (SSSR count). The Morgan fingerprint density at radius 1 is 0.926 bits per heavy atom. The topological polar surface area (TPSA) is 50.9 Å². The molecule has 27 heavy (non-hydrogen) atoms. The van der Waals surface area contributed by atoms with E-state index < -0.39 is 0 Å². The van der Waals surface area contributed by atoms with Crippen LogP contribution in [0.25, 0.3) is 0 Å². The van der Waals surface area contributed by atoms with Gasteiger partial charge in [0.25, 0.3) is 0 Å². The number of carbonyl (C=O) groups is 1. The molecule has 0 radical (unpaired) electrons. The van der Waals surface area contributed by atoms with Gasteiger partial charge in [0.05, 0.1) is 6.54 Å². The van der Waals surface area contributed by atoms with Crippen molar-refractivity contribution in [1.82, 2.24) is 4.90 Å². The molecule has 1 aliphatic rings. The lowest BCUT2D eigenvalue weighted by molar-refractivity contribution is -0.114. The maximum absolute atomic E-state index is 12.2. The molecule has 2 aromatic rings. The van der Waals surface area contributed by atoms with Gasteiger partial charge < -0.3 is 25.3 Å². The summed E-state index contributed by atoms with van der Waals surface area (Å²) in [5.74, 6) is -0.0565. The molecule has 2 aromatic carbocycles. The van der Waals surface area contributed by atoms with Crippen molar-refractivity contribution in [3.8, 4) is 0 Å². The second kappa shape index (κ2) is 8.77. The Bertz CT molecular complexity index is 734. The van der Waals surface area contributed by atoms with Gasteiger partial charge in [0.1, 0.15) is 0 Å². The van der Waals surface area contributed by atoms with Crippen LogP contribution in [0.1, 0.15) is 0 Å². The molecule has 144 valence electrons. The van der Waals surface area contributed by atoms with Gasteiger partial charge in [0, 0.05) is 63.0 Å². The molecule has 0 bridgehead atoms. The first kappa shape index (κ1) is 19.0. The van der Waals surface area contributed by atoms with Crippen molar-refractivity contribution >= 4 is 28.7 Å². The summed E-state index contributed by atoms with van der Waals surface area (Å²) in [6.45, 7) is 4.48. The number of amides is 1. The van der Waals surface area contributed by atoms with E-state index in [0.717, 1.165) is 43.2 Å². The van der Waals surface area contributed by atoms with Crippen molar-refractivity contribution in [2.45, 2.75) is 0 Å². The molecule has 6 heteroatoms. The maximum Gasteiger partial charge on any atom is 0.243 e. The third-order valence-electron chi connectivity index (χ3n) is 4.86. The van der Waals surface area contributed by atoms with Crippen LogP contribution in [0, 0.1) is 0 Å². The molecular formula is C21H29N5O. The average Bonchev–Trinajstić information content (AvgIpc) is 2.68. The molecule has 0 saturated carbocycles. The standard InChI is InChI=1S/C21H29N5O/c1-24(2)19-8-4-17(5-9-19)22-16-21(27)23-18-6-10-20(11-7-18)26-14-12-25(3)13-15-26/h4-11,22H,12-16H2,1-3H3,(H,23,27). The zero-order valence-corrected chi connectivity index (χ0v) is 16.4. The molecule has 1 aliphatic heterocycles. The lowest BCUT2D eigenvalue weighted by Gasteiger charge is -2.34. The predicted molar refractivity (Wildman–Crippen MR) is 114 cm³/mol. The Kier molecular flexibility index (Phi) is 6.19. The zero-order valence-electron chi connectivity index (χ0n) is 16.4. The van der Waals surface area contributed by atoms with Crippen LogP contribution < -0.4 is 20.4 Å². The van der Waals surface area contributed by atoms with E-state index in [2.05, 4.69) is 39.6 Å². The maximum atomic E-state index is 12.2. The van der Waals surface area contributed by atoms with E-state index in [9.17, 15) is 4.79 Å². The van der Waals surface area contributed by atoms with Crippen molar-refractivity contribution < 1.29 is 4.79 Å². The van der Waals surface area contributed by atoms with Gasteiger partial charge in [-0.3, -0.25) is 4.79 Å². The smallest absolute Gasteiger partial charge is 0.243 e. The minimum absolute atomic E-state index is 0.0565. The van der Waals surface area contributed by atoms with Gasteiger partial charge in [0.15, 0.2) is 0 Å². The molecule has 1 saturated heterocycles. The number of benzene rings is 2. The largest absolute Gasteiger partial charge is 0.378 e. The zero-order chi connectivity index (χ0) is 19.2. The summed E-state index contributed by atoms with van der Waals surface area (Å²) in [4.78, 5) is 18.9. The van der Waals surface area contributed by atoms with E-state index in [1.165, 1.54) is 5.69 Å². The average molecular weight is 367 g/mol. The molecule has 0 spiro atoms. The quantitative estimate of drug-likeness (QED) is 0.822. The third-order valence-corrected chi connectivity index (χ3v) is 4.86. The number of piperazine rings is 1. The van der Waals surface area contributed by atoms with Gasteiger partial charge in [-0.05, 0) is 55.6 Å². The molecule has 0 aliphatic carbocycles. The van der Waals surface area contributed by atoms with E-state index in [4.69, 9.17) is 0 Å². The van der Waals surface area contributed by atoms with Gasteiger partial charge in [0.2, 0.25) is 5.91 Å². The highest BCUT2D eigenvalue weighted by molar-refractivity contribution is 5.93. The molecule has 0 aromatic heterocycles. The van der Waals surface area contributed by atoms with E-state index in [-0.39, 0.29) is 12.5 Å². The lowest BCUT2D eigenvalue weighted by atomic mass is 10.2. The molecule has 1 fully saturated rings. The predicted octanol–water partition coefficient (Wildman–Crippen LogP) is 2.56. The van der Waals surface area contributed by atoms with Crippen LogP contribution in [0.5, 0.6) is 0 Å². The fraction of sp³-hybridized carbons (Fsp3) is 0.381. The van der Waals surface area contributed by atoms with Crippen molar-refractivity contribution in [1.29, 1.82) is 0 Å². The second-order valence-corrected chi connectivity index (χ2v) is 7.18. The van der Waals surface area contributed by atoms with E-state index in [0.29, 0.717) is 0 Å². The van der Waals surface area contributed by atoms with Crippen molar-refractivity contribution in [2.24, 2.45) is 0 Å². The monoisotopic (exact) mass is 367 g/mol. The fourth-order valence-electron chi connectivity index (χ4n) is 3.09. The lowest BCUT2D eigenvalue weighted by Crippen LogP contribution is -2.44. The van der Waals surface area contributed by atoms with Crippen molar-refractivity contribution in [3.05, 3.63) is 48.5 Å². The molecule has 0 unspecified atom stereocenters. The van der Waals surface area contributed by atoms with Crippen LogP contribution >= 0.6 is 0 Å². The van der Waals surface area contributed by atoms with Crippen LogP contribution in [-0.4, -0.2) is 64.7 Å². The number of hydrogen-bond donors (Lipinski definition) is 2. The van der Waals surface area contributed by atoms with E-state index >= 15 is 0 Å². The molecular weight excluding hydrogens is 338 g/mol. The Hall–Kier alpha value is -2.73. The van der Waals surface area contributed by atoms with Gasteiger partial charge in [-0.25, -0.2) is 0 Å². The summed E-state index contributed by atoms with van der Waals surface area (Å²) in [5.41, 5.74) is 4.09. The van der Waals surface area contributed by atoms with Crippen LogP contribution in [0.2, 0.25) is 0 Å². The highest BCUT2D eigenvalue weighted by atomic mass is 16.1. The van der Waals surface area contributed by atoms with Crippen molar-refractivity contribution in [2.75, 3.05) is 74.3 Å². The number of hydrogen-bond acceptors (Lipinski definition) is 5. The highest BCUT2D eigenvalue weighted by Crippen LogP contribution is 2.19. The number of anilines is 4. The Morgan fingerprint density at radius 3 is 2.11 bits per heavy atom. The molecule has 1 amide bonds. The number of rotatable bonds is 6. The van der Waals surface area contributed by atoms with Gasteiger partial charge in [-0.15, -0.1) is 0 Å². The van der Waals surface area contributed by atoms with Crippen LogP contribution in [-0.2, 0) is 4.79 Å². The van der Waals surface area contributed by atoms with Gasteiger partial charge in [-0.1, -0.05) is 0 Å². The number of carbonyl (C=O) groups excluding carboxylic acids is 1. The van der Waals surface area contributed by atoms with Crippen LogP contribution in [0.3, 0.4) is 0 Å².